The first kappa shape index (κ1) is 14.4. The van der Waals surface area contributed by atoms with Crippen molar-refractivity contribution in [3.63, 3.8) is 0 Å². The fraction of sp³-hybridized carbons (Fsp3) is 0.333. The van der Waals surface area contributed by atoms with Gasteiger partial charge in [-0.3, -0.25) is 9.63 Å². The number of aromatic amines is 1. The predicted molar refractivity (Wildman–Crippen MR) is 77.1 cm³/mol. The molecule has 1 aromatic carbocycles. The van der Waals surface area contributed by atoms with Crippen LogP contribution in [-0.4, -0.2) is 9.97 Å². The Balaban J connectivity index is 1.99. The highest BCUT2D eigenvalue weighted by atomic mass is 16.6. The van der Waals surface area contributed by atoms with Crippen LogP contribution in [0.5, 0.6) is 0 Å². The monoisotopic (exact) mass is 273 g/mol. The van der Waals surface area contributed by atoms with Crippen molar-refractivity contribution >= 4 is 0 Å². The van der Waals surface area contributed by atoms with Crippen molar-refractivity contribution in [2.24, 2.45) is 0 Å². The lowest BCUT2D eigenvalue weighted by Crippen LogP contribution is -2.28. The molecule has 0 saturated heterocycles. The average molecular weight is 273 g/mol. The Kier molecular flexibility index (Phi) is 4.65. The van der Waals surface area contributed by atoms with E-state index in [1.165, 1.54) is 0 Å². The van der Waals surface area contributed by atoms with Gasteiger partial charge in [0.25, 0.3) is 5.56 Å². The number of aromatic nitrogens is 2. The number of aryl methyl sites for hydroxylation is 2. The van der Waals surface area contributed by atoms with Crippen molar-refractivity contribution in [3.8, 4) is 0 Å². The molecule has 0 spiro atoms. The third kappa shape index (κ3) is 3.53. The minimum absolute atomic E-state index is 0.127. The molecule has 1 heterocycles. The Bertz CT molecular complexity index is 623. The van der Waals surface area contributed by atoms with Crippen LogP contribution in [0.3, 0.4) is 0 Å². The Morgan fingerprint density at radius 3 is 2.65 bits per heavy atom. The van der Waals surface area contributed by atoms with E-state index >= 15 is 0 Å². The fourth-order valence-corrected chi connectivity index (χ4v) is 2.13. The standard InChI is InChI=1S/C15H19N3O2/c1-10-14(15(19)17-12(3)16-10)11(2)18-20-9-13-7-5-4-6-8-13/h4-8,11,18H,9H2,1-3H3,(H,16,17,19). The summed E-state index contributed by atoms with van der Waals surface area (Å²) in [5, 5.41) is 0. The molecule has 0 aliphatic carbocycles. The van der Waals surface area contributed by atoms with Crippen LogP contribution in [0.2, 0.25) is 0 Å². The van der Waals surface area contributed by atoms with Crippen LogP contribution in [0.4, 0.5) is 0 Å². The van der Waals surface area contributed by atoms with Crippen LogP contribution in [-0.2, 0) is 11.4 Å². The molecular formula is C15H19N3O2. The van der Waals surface area contributed by atoms with Gasteiger partial charge in [0.2, 0.25) is 0 Å². The van der Waals surface area contributed by atoms with Crippen molar-refractivity contribution < 1.29 is 4.84 Å². The lowest BCUT2D eigenvalue weighted by atomic mass is 10.1. The quantitative estimate of drug-likeness (QED) is 0.819. The summed E-state index contributed by atoms with van der Waals surface area (Å²) in [5.41, 5.74) is 5.15. The van der Waals surface area contributed by atoms with Crippen molar-refractivity contribution in [2.45, 2.75) is 33.4 Å². The maximum absolute atomic E-state index is 11.9. The Morgan fingerprint density at radius 2 is 2.00 bits per heavy atom. The maximum atomic E-state index is 11.9. The van der Waals surface area contributed by atoms with Crippen LogP contribution in [0, 0.1) is 13.8 Å². The zero-order valence-electron chi connectivity index (χ0n) is 11.9. The van der Waals surface area contributed by atoms with Crippen LogP contribution in [0.1, 0.15) is 35.6 Å². The molecule has 0 aliphatic rings. The van der Waals surface area contributed by atoms with Crippen molar-refractivity contribution in [2.75, 3.05) is 0 Å². The van der Waals surface area contributed by atoms with E-state index in [0.717, 1.165) is 11.3 Å². The van der Waals surface area contributed by atoms with Crippen LogP contribution < -0.4 is 11.0 Å². The van der Waals surface area contributed by atoms with Gasteiger partial charge in [0, 0.05) is 5.69 Å². The van der Waals surface area contributed by atoms with Crippen molar-refractivity contribution in [1.82, 2.24) is 15.4 Å². The summed E-state index contributed by atoms with van der Waals surface area (Å²) in [6, 6.07) is 9.62. The minimum atomic E-state index is -0.226. The first-order valence-corrected chi connectivity index (χ1v) is 6.56. The smallest absolute Gasteiger partial charge is 0.255 e. The second-order valence-electron chi connectivity index (χ2n) is 4.76. The van der Waals surface area contributed by atoms with Gasteiger partial charge in [-0.25, -0.2) is 4.98 Å². The van der Waals surface area contributed by atoms with Gasteiger partial charge < -0.3 is 4.98 Å². The molecule has 0 radical (unpaired) electrons. The molecule has 0 amide bonds. The molecule has 1 atom stereocenters. The van der Waals surface area contributed by atoms with E-state index in [1.54, 1.807) is 6.92 Å². The number of rotatable bonds is 5. The highest BCUT2D eigenvalue weighted by molar-refractivity contribution is 5.19. The molecule has 1 unspecified atom stereocenters. The number of nitrogens with one attached hydrogen (secondary N) is 2. The number of hydrogen-bond acceptors (Lipinski definition) is 4. The fourth-order valence-electron chi connectivity index (χ4n) is 2.13. The third-order valence-corrected chi connectivity index (χ3v) is 3.04. The van der Waals surface area contributed by atoms with E-state index in [4.69, 9.17) is 4.84 Å². The molecule has 2 rings (SSSR count). The summed E-state index contributed by atoms with van der Waals surface area (Å²) in [6.45, 7) is 5.91. The molecule has 20 heavy (non-hydrogen) atoms. The lowest BCUT2D eigenvalue weighted by Gasteiger charge is -2.15. The van der Waals surface area contributed by atoms with E-state index in [1.807, 2.05) is 44.2 Å². The third-order valence-electron chi connectivity index (χ3n) is 3.04. The van der Waals surface area contributed by atoms with Gasteiger partial charge in [-0.15, -0.1) is 0 Å². The molecule has 2 aromatic rings. The van der Waals surface area contributed by atoms with Gasteiger partial charge in [0.1, 0.15) is 5.82 Å². The topological polar surface area (TPSA) is 67.0 Å². The molecule has 0 bridgehead atoms. The van der Waals surface area contributed by atoms with E-state index in [0.29, 0.717) is 18.0 Å². The Labute approximate surface area is 118 Å². The Hall–Kier alpha value is -1.98. The number of benzene rings is 1. The largest absolute Gasteiger partial charge is 0.310 e. The number of hydroxylamine groups is 1. The first-order chi connectivity index (χ1) is 9.58. The van der Waals surface area contributed by atoms with E-state index in [2.05, 4.69) is 15.4 Å². The number of H-pyrrole nitrogens is 1. The summed E-state index contributed by atoms with van der Waals surface area (Å²) < 4.78 is 0. The zero-order chi connectivity index (χ0) is 14.5. The normalized spacial score (nSPS) is 12.3. The second-order valence-corrected chi connectivity index (χ2v) is 4.76. The second kappa shape index (κ2) is 6.45. The lowest BCUT2D eigenvalue weighted by molar-refractivity contribution is 0.00647. The molecule has 1 aromatic heterocycles. The summed E-state index contributed by atoms with van der Waals surface area (Å²) in [5.74, 6) is 0.619. The van der Waals surface area contributed by atoms with Gasteiger partial charge in [-0.05, 0) is 26.3 Å². The summed E-state index contributed by atoms with van der Waals surface area (Å²) in [7, 11) is 0. The highest BCUT2D eigenvalue weighted by Crippen LogP contribution is 2.11. The van der Waals surface area contributed by atoms with E-state index < -0.39 is 0 Å². The van der Waals surface area contributed by atoms with Gasteiger partial charge in [0.15, 0.2) is 0 Å². The summed E-state index contributed by atoms with van der Waals surface area (Å²) in [6.07, 6.45) is 0. The number of hydrogen-bond donors (Lipinski definition) is 2. The Morgan fingerprint density at radius 1 is 1.30 bits per heavy atom. The predicted octanol–water partition coefficient (Wildman–Crippen LogP) is 2.17. The molecule has 106 valence electrons. The molecule has 5 nitrogen and oxygen atoms in total. The maximum Gasteiger partial charge on any atom is 0.255 e. The zero-order valence-corrected chi connectivity index (χ0v) is 11.9. The van der Waals surface area contributed by atoms with E-state index in [-0.39, 0.29) is 11.6 Å². The average Bonchev–Trinajstić information content (AvgIpc) is 2.38. The highest BCUT2D eigenvalue weighted by Gasteiger charge is 2.14. The summed E-state index contributed by atoms with van der Waals surface area (Å²) >= 11 is 0. The molecule has 5 heteroatoms. The molecule has 0 fully saturated rings. The van der Waals surface area contributed by atoms with Gasteiger partial charge in [-0.2, -0.15) is 5.48 Å². The van der Waals surface area contributed by atoms with Gasteiger partial charge in [0.05, 0.1) is 18.2 Å². The van der Waals surface area contributed by atoms with E-state index in [9.17, 15) is 4.79 Å². The van der Waals surface area contributed by atoms with Gasteiger partial charge >= 0.3 is 0 Å². The first-order valence-electron chi connectivity index (χ1n) is 6.56. The molecule has 0 aliphatic heterocycles. The summed E-state index contributed by atoms with van der Waals surface area (Å²) in [4.78, 5) is 24.4. The van der Waals surface area contributed by atoms with Crippen molar-refractivity contribution in [1.29, 1.82) is 0 Å². The molecule has 2 N–H and O–H groups in total. The van der Waals surface area contributed by atoms with Crippen LogP contribution in [0.15, 0.2) is 35.1 Å². The molecular weight excluding hydrogens is 254 g/mol. The minimum Gasteiger partial charge on any atom is -0.310 e. The molecule has 0 saturated carbocycles. The van der Waals surface area contributed by atoms with Gasteiger partial charge in [-0.1, -0.05) is 30.3 Å². The van der Waals surface area contributed by atoms with Crippen molar-refractivity contribution in [3.05, 3.63) is 63.3 Å². The SMILES string of the molecule is Cc1nc(C)c(C(C)NOCc2ccccc2)c(=O)[nH]1. The van der Waals surface area contributed by atoms with Crippen LogP contribution >= 0.6 is 0 Å². The van der Waals surface area contributed by atoms with Crippen LogP contribution in [0.25, 0.3) is 0 Å². The number of nitrogens with zero attached hydrogens (tertiary/aromatic N) is 1.